The van der Waals surface area contributed by atoms with E-state index in [1.807, 2.05) is 18.2 Å². The first-order chi connectivity index (χ1) is 11.9. The molecule has 0 aliphatic rings. The van der Waals surface area contributed by atoms with Gasteiger partial charge in [0, 0.05) is 31.1 Å². The zero-order chi connectivity index (χ0) is 19.1. The maximum absolute atomic E-state index is 10.4. The first-order valence-corrected chi connectivity index (χ1v) is 10.0. The van der Waals surface area contributed by atoms with Gasteiger partial charge in [-0.1, -0.05) is 77.3 Å². The van der Waals surface area contributed by atoms with Gasteiger partial charge in [-0.15, -0.1) is 0 Å². The highest BCUT2D eigenvalue weighted by molar-refractivity contribution is 5.73. The molecule has 1 aromatic carbocycles. The number of carboxylic acid groups (broad SMARTS) is 1. The number of hydrogen-bond acceptors (Lipinski definition) is 2. The van der Waals surface area contributed by atoms with Crippen molar-refractivity contribution in [3.63, 3.8) is 0 Å². The lowest BCUT2D eigenvalue weighted by atomic mass is 9.84. The van der Waals surface area contributed by atoms with Gasteiger partial charge in [0.1, 0.15) is 0 Å². The summed E-state index contributed by atoms with van der Waals surface area (Å²) in [4.78, 5) is 10.4. The molecule has 0 saturated heterocycles. The maximum atomic E-state index is 10.4. The van der Waals surface area contributed by atoms with Gasteiger partial charge in [-0.3, -0.25) is 0 Å². The van der Waals surface area contributed by atoms with E-state index < -0.39 is 11.9 Å². The normalized spacial score (nSPS) is 12.2. The first-order valence-electron chi connectivity index (χ1n) is 10.0. The number of rotatable bonds is 11. The lowest BCUT2D eigenvalue weighted by Gasteiger charge is -2.25. The van der Waals surface area contributed by atoms with E-state index in [-0.39, 0.29) is 0 Å². The highest BCUT2D eigenvalue weighted by Gasteiger charge is 2.26. The van der Waals surface area contributed by atoms with Crippen LogP contribution in [0.15, 0.2) is 30.3 Å². The van der Waals surface area contributed by atoms with Crippen molar-refractivity contribution in [2.45, 2.75) is 96.9 Å². The molecule has 1 atom stereocenters. The maximum Gasteiger partial charge on any atom is 0.0945 e. The number of unbranched alkanes of at least 4 members (excludes halogenated alkanes) is 3. The van der Waals surface area contributed by atoms with Crippen LogP contribution in [0.4, 0.5) is 0 Å². The molecular weight excluding hydrogens is 310 g/mol. The van der Waals surface area contributed by atoms with Crippen molar-refractivity contribution >= 4 is 5.97 Å². The summed E-state index contributed by atoms with van der Waals surface area (Å²) in [5, 5.41) is 10.4. The van der Waals surface area contributed by atoms with Crippen molar-refractivity contribution in [2.24, 2.45) is 0 Å². The van der Waals surface area contributed by atoms with Crippen LogP contribution < -0.4 is 10.8 Å². The molecular formula is C22H39NO2. The van der Waals surface area contributed by atoms with Crippen LogP contribution in [0.25, 0.3) is 0 Å². The standard InChI is InChI=1S/C13H29N.C9H10O2/c1-4-7-10-13(14,11-8-5-2)12-9-6-3;1-7(9(10)11)8-5-3-2-4-6-8/h4-12,14H2,1-3H3;2-7H,1H3,(H,10,11). The molecule has 25 heavy (non-hydrogen) atoms. The van der Waals surface area contributed by atoms with Crippen molar-refractivity contribution in [2.75, 3.05) is 0 Å². The molecule has 1 unspecified atom stereocenters. The van der Waals surface area contributed by atoms with Gasteiger partial charge in [-0.05, 0) is 24.8 Å². The number of carboxylic acids is 1. The van der Waals surface area contributed by atoms with E-state index in [2.05, 4.69) is 26.5 Å². The van der Waals surface area contributed by atoms with Gasteiger partial charge in [0.25, 0.3) is 0 Å². The second kappa shape index (κ2) is 13.9. The third-order valence-electron chi connectivity index (χ3n) is 4.84. The Balaban J connectivity index is 0.000000472. The molecule has 0 bridgehead atoms. The third kappa shape index (κ3) is 11.0. The Kier molecular flexibility index (Phi) is 13.1. The van der Waals surface area contributed by atoms with Gasteiger partial charge >= 0.3 is 0 Å². The quantitative estimate of drug-likeness (QED) is 0.654. The largest absolute Gasteiger partial charge is 0.550 e. The molecule has 0 saturated carbocycles. The number of carbonyl (C=O) groups excluding carboxylic acids is 1. The predicted octanol–water partition coefficient (Wildman–Crippen LogP) is 4.08. The monoisotopic (exact) mass is 349 g/mol. The second-order valence-electron chi connectivity index (χ2n) is 7.26. The Labute approximate surface area is 155 Å². The molecule has 0 heterocycles. The van der Waals surface area contributed by atoms with Gasteiger partial charge in [-0.25, -0.2) is 0 Å². The summed E-state index contributed by atoms with van der Waals surface area (Å²) in [5.74, 6) is -1.55. The smallest absolute Gasteiger partial charge is 0.0945 e. The van der Waals surface area contributed by atoms with Gasteiger partial charge in [0.2, 0.25) is 0 Å². The van der Waals surface area contributed by atoms with Crippen LogP contribution in [0.2, 0.25) is 0 Å². The lowest BCUT2D eigenvalue weighted by molar-refractivity contribution is -0.484. The van der Waals surface area contributed by atoms with Crippen molar-refractivity contribution < 1.29 is 15.6 Å². The average Bonchev–Trinajstić information content (AvgIpc) is 2.64. The molecule has 0 radical (unpaired) electrons. The highest BCUT2D eigenvalue weighted by atomic mass is 16.4. The fourth-order valence-corrected chi connectivity index (χ4v) is 2.91. The number of benzene rings is 1. The van der Waals surface area contributed by atoms with Crippen LogP contribution in [0.1, 0.15) is 97.0 Å². The summed E-state index contributed by atoms with van der Waals surface area (Å²) in [6, 6.07) is 9.04. The van der Waals surface area contributed by atoms with Crippen LogP contribution in [-0.2, 0) is 4.79 Å². The number of aliphatic carboxylic acids is 1. The van der Waals surface area contributed by atoms with E-state index in [4.69, 9.17) is 0 Å². The Hall–Kier alpha value is -1.35. The summed E-state index contributed by atoms with van der Waals surface area (Å²) in [5.41, 5.74) is 5.67. The van der Waals surface area contributed by atoms with Gasteiger partial charge < -0.3 is 15.6 Å². The molecule has 0 aromatic heterocycles. The van der Waals surface area contributed by atoms with E-state index in [1.54, 1.807) is 19.1 Å². The van der Waals surface area contributed by atoms with E-state index >= 15 is 0 Å². The number of hydrogen-bond donors (Lipinski definition) is 1. The Bertz CT molecular complexity index is 423. The summed E-state index contributed by atoms with van der Waals surface area (Å²) < 4.78 is 0. The van der Waals surface area contributed by atoms with Crippen molar-refractivity contribution in [3.05, 3.63) is 35.9 Å². The van der Waals surface area contributed by atoms with Crippen LogP contribution in [0.5, 0.6) is 0 Å². The Morgan fingerprint density at radius 1 is 0.960 bits per heavy atom. The highest BCUT2D eigenvalue weighted by Crippen LogP contribution is 2.22. The van der Waals surface area contributed by atoms with E-state index in [0.29, 0.717) is 5.54 Å². The molecule has 1 aromatic rings. The minimum absolute atomic E-state index is 0.405. The molecule has 3 nitrogen and oxygen atoms in total. The van der Waals surface area contributed by atoms with Gasteiger partial charge in [-0.2, -0.15) is 0 Å². The van der Waals surface area contributed by atoms with Gasteiger partial charge in [0.05, 0.1) is 5.54 Å². The van der Waals surface area contributed by atoms with Crippen molar-refractivity contribution in [1.29, 1.82) is 0 Å². The van der Waals surface area contributed by atoms with Crippen LogP contribution in [0.3, 0.4) is 0 Å². The summed E-state index contributed by atoms with van der Waals surface area (Å²) >= 11 is 0. The second-order valence-corrected chi connectivity index (χ2v) is 7.26. The van der Waals surface area contributed by atoms with Crippen molar-refractivity contribution in [1.82, 2.24) is 0 Å². The summed E-state index contributed by atoms with van der Waals surface area (Å²) in [7, 11) is 0. The van der Waals surface area contributed by atoms with Crippen LogP contribution in [0, 0.1) is 0 Å². The molecule has 1 rings (SSSR count). The molecule has 0 spiro atoms. The minimum Gasteiger partial charge on any atom is -0.550 e. The summed E-state index contributed by atoms with van der Waals surface area (Å²) in [6.07, 6.45) is 12.0. The predicted molar refractivity (Wildman–Crippen MR) is 104 cm³/mol. The first kappa shape index (κ1) is 23.6. The zero-order valence-corrected chi connectivity index (χ0v) is 16.9. The minimum atomic E-state index is -1.03. The van der Waals surface area contributed by atoms with E-state index in [1.165, 1.54) is 57.8 Å². The van der Waals surface area contributed by atoms with Gasteiger partial charge in [0.15, 0.2) is 0 Å². The number of carbonyl (C=O) groups is 1. The average molecular weight is 350 g/mol. The fraction of sp³-hybridized carbons (Fsp3) is 0.682. The molecule has 0 amide bonds. The van der Waals surface area contributed by atoms with Crippen LogP contribution in [-0.4, -0.2) is 11.5 Å². The molecule has 3 heteroatoms. The molecule has 144 valence electrons. The Morgan fingerprint density at radius 3 is 1.68 bits per heavy atom. The lowest BCUT2D eigenvalue weighted by Crippen LogP contribution is -2.72. The molecule has 0 aliphatic carbocycles. The topological polar surface area (TPSA) is 67.8 Å². The molecule has 3 N–H and O–H groups in total. The fourth-order valence-electron chi connectivity index (χ4n) is 2.91. The van der Waals surface area contributed by atoms with E-state index in [9.17, 15) is 9.90 Å². The molecule has 0 fully saturated rings. The number of quaternary nitrogens is 1. The zero-order valence-electron chi connectivity index (χ0n) is 16.9. The summed E-state index contributed by atoms with van der Waals surface area (Å²) in [6.45, 7) is 8.45. The van der Waals surface area contributed by atoms with Crippen molar-refractivity contribution in [3.8, 4) is 0 Å². The van der Waals surface area contributed by atoms with Crippen LogP contribution >= 0.6 is 0 Å². The SMILES string of the molecule is CC(C(=O)[O-])c1ccccc1.CCCCC([NH3+])(CCCC)CCCC. The Morgan fingerprint density at radius 2 is 1.36 bits per heavy atom. The van der Waals surface area contributed by atoms with E-state index in [0.717, 1.165) is 5.56 Å². The molecule has 0 aliphatic heterocycles. The third-order valence-corrected chi connectivity index (χ3v) is 4.84.